The summed E-state index contributed by atoms with van der Waals surface area (Å²) in [5.74, 6) is 1.58. The molecular weight excluding hydrogens is 472 g/mol. The van der Waals surface area contributed by atoms with Gasteiger partial charge in [-0.05, 0) is 62.4 Å². The molecule has 1 amide bonds. The molecule has 0 saturated carbocycles. The van der Waals surface area contributed by atoms with Crippen LogP contribution in [0.5, 0.6) is 5.75 Å². The molecule has 2 heterocycles. The summed E-state index contributed by atoms with van der Waals surface area (Å²) in [6, 6.07) is 17.8. The van der Waals surface area contributed by atoms with Gasteiger partial charge in [-0.2, -0.15) is 0 Å². The summed E-state index contributed by atoms with van der Waals surface area (Å²) in [6.07, 6.45) is 1.76. The van der Waals surface area contributed by atoms with E-state index in [1.54, 1.807) is 11.8 Å². The van der Waals surface area contributed by atoms with Gasteiger partial charge in [0.05, 0.1) is 31.9 Å². The van der Waals surface area contributed by atoms with Crippen LogP contribution in [-0.4, -0.2) is 55.4 Å². The van der Waals surface area contributed by atoms with E-state index in [1.807, 2.05) is 61.5 Å². The van der Waals surface area contributed by atoms with E-state index in [0.29, 0.717) is 38.6 Å². The van der Waals surface area contributed by atoms with Gasteiger partial charge in [-0.1, -0.05) is 30.3 Å². The lowest BCUT2D eigenvalue weighted by molar-refractivity contribution is -0.146. The molecule has 1 fully saturated rings. The first-order valence-electron chi connectivity index (χ1n) is 12.7. The predicted molar refractivity (Wildman–Crippen MR) is 138 cm³/mol. The van der Waals surface area contributed by atoms with Crippen LogP contribution >= 0.6 is 0 Å². The molecule has 0 spiro atoms. The third kappa shape index (κ3) is 6.70. The lowest BCUT2D eigenvalue weighted by Gasteiger charge is -2.16. The standard InChI is InChI=1S/C29H34N2O6/c1-4-35-29(33)31-18-23(25(19-31)28(32)34-3)14-13-21-9-8-12-24(17-21)36-16-15-26-20(2)37-27(30-26)22-10-6-5-7-11-22/h5-12,17,23,25H,4,13-16,18-19H2,1-3H3/t23-,25+/m1/s1. The Hall–Kier alpha value is -3.81. The number of methoxy groups -OCH3 is 1. The fourth-order valence-corrected chi connectivity index (χ4v) is 4.72. The summed E-state index contributed by atoms with van der Waals surface area (Å²) in [5.41, 5.74) is 2.95. The van der Waals surface area contributed by atoms with Crippen molar-refractivity contribution in [1.82, 2.24) is 9.88 Å². The van der Waals surface area contributed by atoms with Crippen LogP contribution in [0.25, 0.3) is 11.5 Å². The molecule has 0 bridgehead atoms. The van der Waals surface area contributed by atoms with Gasteiger partial charge in [0.15, 0.2) is 0 Å². The molecule has 1 aliphatic heterocycles. The van der Waals surface area contributed by atoms with Gasteiger partial charge < -0.3 is 23.5 Å². The second-order valence-corrected chi connectivity index (χ2v) is 9.17. The smallest absolute Gasteiger partial charge is 0.409 e. The predicted octanol–water partition coefficient (Wildman–Crippen LogP) is 5.08. The maximum Gasteiger partial charge on any atom is 0.409 e. The number of carbonyl (C=O) groups excluding carboxylic acids is 2. The van der Waals surface area contributed by atoms with E-state index in [9.17, 15) is 9.59 Å². The van der Waals surface area contributed by atoms with Gasteiger partial charge in [0, 0.05) is 25.1 Å². The molecule has 1 aliphatic rings. The quantitative estimate of drug-likeness (QED) is 0.354. The maximum atomic E-state index is 12.3. The number of hydrogen-bond donors (Lipinski definition) is 0. The number of rotatable bonds is 10. The zero-order chi connectivity index (χ0) is 26.2. The Bertz CT molecular complexity index is 1190. The molecule has 4 rings (SSSR count). The highest BCUT2D eigenvalue weighted by molar-refractivity contribution is 5.76. The van der Waals surface area contributed by atoms with E-state index in [2.05, 4.69) is 4.98 Å². The second kappa shape index (κ2) is 12.4. The van der Waals surface area contributed by atoms with Gasteiger partial charge in [-0.3, -0.25) is 4.79 Å². The van der Waals surface area contributed by atoms with Crippen LogP contribution in [0.2, 0.25) is 0 Å². The number of carbonyl (C=O) groups is 2. The van der Waals surface area contributed by atoms with Crippen molar-refractivity contribution in [3.05, 3.63) is 71.6 Å². The zero-order valence-corrected chi connectivity index (χ0v) is 21.6. The Kier molecular flexibility index (Phi) is 8.82. The van der Waals surface area contributed by atoms with Gasteiger partial charge >= 0.3 is 12.1 Å². The molecule has 0 radical (unpaired) electrons. The summed E-state index contributed by atoms with van der Waals surface area (Å²) in [6.45, 7) is 5.28. The van der Waals surface area contributed by atoms with E-state index in [1.165, 1.54) is 7.11 Å². The largest absolute Gasteiger partial charge is 0.493 e. The molecule has 196 valence electrons. The Morgan fingerprint density at radius 1 is 1.08 bits per heavy atom. The van der Waals surface area contributed by atoms with Gasteiger partial charge in [0.2, 0.25) is 5.89 Å². The van der Waals surface area contributed by atoms with Gasteiger partial charge in [0.1, 0.15) is 11.5 Å². The normalized spacial score (nSPS) is 17.0. The second-order valence-electron chi connectivity index (χ2n) is 9.17. The van der Waals surface area contributed by atoms with Crippen molar-refractivity contribution in [2.24, 2.45) is 11.8 Å². The van der Waals surface area contributed by atoms with Crippen LogP contribution in [0.1, 0.15) is 30.4 Å². The molecule has 0 aliphatic carbocycles. The first kappa shape index (κ1) is 26.3. The van der Waals surface area contributed by atoms with Crippen LogP contribution in [0.4, 0.5) is 4.79 Å². The van der Waals surface area contributed by atoms with Crippen molar-refractivity contribution in [2.75, 3.05) is 33.4 Å². The van der Waals surface area contributed by atoms with Crippen LogP contribution in [-0.2, 0) is 27.1 Å². The number of nitrogens with zero attached hydrogens (tertiary/aromatic N) is 2. The number of hydrogen-bond acceptors (Lipinski definition) is 7. The van der Waals surface area contributed by atoms with E-state index in [4.69, 9.17) is 18.6 Å². The average Bonchev–Trinajstić information content (AvgIpc) is 3.52. The monoisotopic (exact) mass is 506 g/mol. The molecule has 1 saturated heterocycles. The number of benzene rings is 2. The molecule has 3 aromatic rings. The number of likely N-dealkylation sites (tertiary alicyclic amines) is 1. The molecule has 2 aromatic carbocycles. The minimum Gasteiger partial charge on any atom is -0.493 e. The van der Waals surface area contributed by atoms with Crippen molar-refractivity contribution in [3.8, 4) is 17.2 Å². The Morgan fingerprint density at radius 3 is 2.65 bits per heavy atom. The highest BCUT2D eigenvalue weighted by atomic mass is 16.6. The van der Waals surface area contributed by atoms with Crippen LogP contribution < -0.4 is 4.74 Å². The first-order valence-corrected chi connectivity index (χ1v) is 12.7. The van der Waals surface area contributed by atoms with Crippen molar-refractivity contribution in [2.45, 2.75) is 33.1 Å². The summed E-state index contributed by atoms with van der Waals surface area (Å²) in [4.78, 5) is 30.8. The van der Waals surface area contributed by atoms with E-state index < -0.39 is 0 Å². The zero-order valence-electron chi connectivity index (χ0n) is 21.6. The van der Waals surface area contributed by atoms with E-state index >= 15 is 0 Å². The van der Waals surface area contributed by atoms with Crippen molar-refractivity contribution >= 4 is 12.1 Å². The number of aromatic nitrogens is 1. The molecule has 37 heavy (non-hydrogen) atoms. The van der Waals surface area contributed by atoms with Gasteiger partial charge in [-0.15, -0.1) is 0 Å². The Morgan fingerprint density at radius 2 is 1.89 bits per heavy atom. The van der Waals surface area contributed by atoms with E-state index in [-0.39, 0.29) is 23.9 Å². The van der Waals surface area contributed by atoms with E-state index in [0.717, 1.165) is 41.2 Å². The molecular formula is C29H34N2O6. The highest BCUT2D eigenvalue weighted by Gasteiger charge is 2.40. The van der Waals surface area contributed by atoms with Gasteiger partial charge in [0.25, 0.3) is 0 Å². The molecule has 0 unspecified atom stereocenters. The lowest BCUT2D eigenvalue weighted by Crippen LogP contribution is -2.30. The van der Waals surface area contributed by atoms with Crippen molar-refractivity contribution < 1.29 is 28.2 Å². The fourth-order valence-electron chi connectivity index (χ4n) is 4.72. The summed E-state index contributed by atoms with van der Waals surface area (Å²) < 4.78 is 22.0. The molecule has 2 atom stereocenters. The lowest BCUT2D eigenvalue weighted by atomic mass is 9.90. The van der Waals surface area contributed by atoms with Gasteiger partial charge in [-0.25, -0.2) is 9.78 Å². The molecule has 8 heteroatoms. The molecule has 8 nitrogen and oxygen atoms in total. The number of oxazole rings is 1. The minimum absolute atomic E-state index is 0.00961. The first-order chi connectivity index (χ1) is 18.0. The maximum absolute atomic E-state index is 12.3. The number of amides is 1. The minimum atomic E-state index is -0.382. The molecule has 0 N–H and O–H groups in total. The average molecular weight is 507 g/mol. The SMILES string of the molecule is CCOC(=O)N1C[C@@H](CCc2cccc(OCCc3nc(-c4ccccc4)oc3C)c2)[C@@H](C(=O)OC)C1. The summed E-state index contributed by atoms with van der Waals surface area (Å²) in [5, 5.41) is 0. The van der Waals surface area contributed by atoms with Crippen molar-refractivity contribution in [3.63, 3.8) is 0 Å². The van der Waals surface area contributed by atoms with Crippen molar-refractivity contribution in [1.29, 1.82) is 0 Å². The third-order valence-electron chi connectivity index (χ3n) is 6.69. The number of esters is 1. The highest BCUT2D eigenvalue weighted by Crippen LogP contribution is 2.30. The Labute approximate surface area is 217 Å². The van der Waals surface area contributed by atoms with Crippen LogP contribution in [0, 0.1) is 18.8 Å². The summed E-state index contributed by atoms with van der Waals surface area (Å²) >= 11 is 0. The van der Waals surface area contributed by atoms with Crippen LogP contribution in [0.3, 0.4) is 0 Å². The third-order valence-corrected chi connectivity index (χ3v) is 6.69. The number of ether oxygens (including phenoxy) is 3. The molecule has 1 aromatic heterocycles. The topological polar surface area (TPSA) is 91.1 Å². The van der Waals surface area contributed by atoms with Crippen LogP contribution in [0.15, 0.2) is 59.0 Å². The fraction of sp³-hybridized carbons (Fsp3) is 0.414. The summed E-state index contributed by atoms with van der Waals surface area (Å²) in [7, 11) is 1.39. The number of aryl methyl sites for hydroxylation is 2. The Balaban J connectivity index is 1.31.